The molecule has 0 aromatic carbocycles. The third-order valence-electron chi connectivity index (χ3n) is 4.38. The zero-order valence-electron chi connectivity index (χ0n) is 14.8. The van der Waals surface area contributed by atoms with Crippen LogP contribution in [0.25, 0.3) is 0 Å². The minimum Gasteiger partial charge on any atom is -0.381 e. The Hall–Kier alpha value is -0.120. The van der Waals surface area contributed by atoms with Crippen molar-refractivity contribution >= 4 is 0 Å². The smallest absolute Gasteiger partial charge is 0.0466 e. The zero-order valence-corrected chi connectivity index (χ0v) is 14.8. The fourth-order valence-corrected chi connectivity index (χ4v) is 2.85. The van der Waals surface area contributed by atoms with Crippen LogP contribution in [0.5, 0.6) is 0 Å². The maximum atomic E-state index is 5.71. The van der Waals surface area contributed by atoms with Gasteiger partial charge in [0.2, 0.25) is 0 Å². The van der Waals surface area contributed by atoms with E-state index in [2.05, 4.69) is 30.6 Å². The van der Waals surface area contributed by atoms with E-state index in [0.717, 1.165) is 19.1 Å². The predicted molar refractivity (Wildman–Crippen MR) is 91.9 cm³/mol. The molecule has 0 aliphatic carbocycles. The summed E-state index contributed by atoms with van der Waals surface area (Å²) in [7, 11) is 0. The van der Waals surface area contributed by atoms with E-state index in [0.29, 0.717) is 0 Å². The average Bonchev–Trinajstić information content (AvgIpc) is 2.48. The standard InChI is InChI=1S/C18H38N2O/c1-4-5-10-19-12-14-20(15-13-19)11-6-7-16-21-17-8-9-18(2)3/h18H,4-17H2,1-3H3. The molecule has 126 valence electrons. The van der Waals surface area contributed by atoms with Gasteiger partial charge in [0, 0.05) is 39.4 Å². The topological polar surface area (TPSA) is 15.7 Å². The normalized spacial score (nSPS) is 17.7. The second kappa shape index (κ2) is 12.4. The highest BCUT2D eigenvalue weighted by molar-refractivity contribution is 4.71. The zero-order chi connectivity index (χ0) is 15.3. The first-order valence-electron chi connectivity index (χ1n) is 9.24. The molecule has 1 aliphatic rings. The Kier molecular flexibility index (Phi) is 11.2. The summed E-state index contributed by atoms with van der Waals surface area (Å²) in [5.74, 6) is 0.810. The van der Waals surface area contributed by atoms with Gasteiger partial charge >= 0.3 is 0 Å². The van der Waals surface area contributed by atoms with Crippen LogP contribution in [0, 0.1) is 5.92 Å². The third kappa shape index (κ3) is 10.3. The molecule has 0 unspecified atom stereocenters. The molecule has 1 aliphatic heterocycles. The molecular weight excluding hydrogens is 260 g/mol. The lowest BCUT2D eigenvalue weighted by Gasteiger charge is -2.34. The summed E-state index contributed by atoms with van der Waals surface area (Å²) in [6.45, 7) is 16.4. The Morgan fingerprint density at radius 3 is 1.95 bits per heavy atom. The van der Waals surface area contributed by atoms with Gasteiger partial charge in [0.25, 0.3) is 0 Å². The summed E-state index contributed by atoms with van der Waals surface area (Å²) in [5, 5.41) is 0. The maximum Gasteiger partial charge on any atom is 0.0466 e. The summed E-state index contributed by atoms with van der Waals surface area (Å²) in [6.07, 6.45) is 7.70. The van der Waals surface area contributed by atoms with Crippen molar-refractivity contribution in [2.24, 2.45) is 5.92 Å². The Morgan fingerprint density at radius 1 is 0.810 bits per heavy atom. The van der Waals surface area contributed by atoms with Crippen molar-refractivity contribution in [2.45, 2.75) is 59.3 Å². The van der Waals surface area contributed by atoms with Crippen LogP contribution in [0.15, 0.2) is 0 Å². The molecule has 0 N–H and O–H groups in total. The minimum atomic E-state index is 0.810. The van der Waals surface area contributed by atoms with E-state index in [1.165, 1.54) is 77.8 Å². The van der Waals surface area contributed by atoms with Crippen molar-refractivity contribution in [3.63, 3.8) is 0 Å². The number of hydrogen-bond acceptors (Lipinski definition) is 3. The van der Waals surface area contributed by atoms with Crippen LogP contribution in [0.3, 0.4) is 0 Å². The van der Waals surface area contributed by atoms with Crippen molar-refractivity contribution in [1.82, 2.24) is 9.80 Å². The molecule has 3 nitrogen and oxygen atoms in total. The number of unbranched alkanes of at least 4 members (excludes halogenated alkanes) is 2. The first kappa shape index (κ1) is 18.9. The lowest BCUT2D eigenvalue weighted by Crippen LogP contribution is -2.46. The molecule has 0 atom stereocenters. The number of ether oxygens (including phenoxy) is 1. The monoisotopic (exact) mass is 298 g/mol. The van der Waals surface area contributed by atoms with Crippen LogP contribution in [0.4, 0.5) is 0 Å². The molecule has 0 aromatic rings. The van der Waals surface area contributed by atoms with Gasteiger partial charge in [0.15, 0.2) is 0 Å². The first-order chi connectivity index (χ1) is 10.2. The van der Waals surface area contributed by atoms with Crippen LogP contribution in [0.1, 0.15) is 59.3 Å². The van der Waals surface area contributed by atoms with E-state index >= 15 is 0 Å². The summed E-state index contributed by atoms with van der Waals surface area (Å²) in [6, 6.07) is 0. The minimum absolute atomic E-state index is 0.810. The summed E-state index contributed by atoms with van der Waals surface area (Å²) in [4.78, 5) is 5.25. The third-order valence-corrected chi connectivity index (χ3v) is 4.38. The van der Waals surface area contributed by atoms with Crippen LogP contribution in [-0.4, -0.2) is 62.3 Å². The molecule has 1 heterocycles. The van der Waals surface area contributed by atoms with E-state index < -0.39 is 0 Å². The van der Waals surface area contributed by atoms with Crippen molar-refractivity contribution in [3.05, 3.63) is 0 Å². The van der Waals surface area contributed by atoms with Crippen LogP contribution >= 0.6 is 0 Å². The van der Waals surface area contributed by atoms with E-state index in [1.807, 2.05) is 0 Å². The largest absolute Gasteiger partial charge is 0.381 e. The molecule has 1 fully saturated rings. The Labute approximate surface area is 133 Å². The van der Waals surface area contributed by atoms with Gasteiger partial charge in [-0.05, 0) is 51.1 Å². The Bertz CT molecular complexity index is 225. The SMILES string of the molecule is CCCCN1CCN(CCCCOCCCC(C)C)CC1. The van der Waals surface area contributed by atoms with Gasteiger partial charge in [-0.1, -0.05) is 27.2 Å². The maximum absolute atomic E-state index is 5.71. The highest BCUT2D eigenvalue weighted by atomic mass is 16.5. The Balaban J connectivity index is 1.86. The molecule has 0 bridgehead atoms. The lowest BCUT2D eigenvalue weighted by molar-refractivity contribution is 0.109. The molecule has 0 amide bonds. The van der Waals surface area contributed by atoms with Gasteiger partial charge < -0.3 is 14.5 Å². The van der Waals surface area contributed by atoms with Crippen LogP contribution in [0.2, 0.25) is 0 Å². The fourth-order valence-electron chi connectivity index (χ4n) is 2.85. The van der Waals surface area contributed by atoms with E-state index in [9.17, 15) is 0 Å². The van der Waals surface area contributed by atoms with Crippen molar-refractivity contribution in [3.8, 4) is 0 Å². The molecule has 0 saturated carbocycles. The number of rotatable bonds is 12. The van der Waals surface area contributed by atoms with Gasteiger partial charge in [-0.15, -0.1) is 0 Å². The van der Waals surface area contributed by atoms with Gasteiger partial charge in [0.05, 0.1) is 0 Å². The van der Waals surface area contributed by atoms with Crippen LogP contribution < -0.4 is 0 Å². The highest BCUT2D eigenvalue weighted by Crippen LogP contribution is 2.06. The summed E-state index contributed by atoms with van der Waals surface area (Å²) < 4.78 is 5.71. The van der Waals surface area contributed by atoms with Gasteiger partial charge in [0.1, 0.15) is 0 Å². The second-order valence-corrected chi connectivity index (χ2v) is 6.89. The fraction of sp³-hybridized carbons (Fsp3) is 1.00. The van der Waals surface area contributed by atoms with Gasteiger partial charge in [-0.3, -0.25) is 0 Å². The summed E-state index contributed by atoms with van der Waals surface area (Å²) >= 11 is 0. The number of hydrogen-bond donors (Lipinski definition) is 0. The molecular formula is C18H38N2O. The lowest BCUT2D eigenvalue weighted by atomic mass is 10.1. The van der Waals surface area contributed by atoms with E-state index in [-0.39, 0.29) is 0 Å². The highest BCUT2D eigenvalue weighted by Gasteiger charge is 2.15. The van der Waals surface area contributed by atoms with Crippen molar-refractivity contribution in [2.75, 3.05) is 52.5 Å². The molecule has 1 saturated heterocycles. The average molecular weight is 299 g/mol. The number of nitrogens with zero attached hydrogens (tertiary/aromatic N) is 2. The van der Waals surface area contributed by atoms with Gasteiger partial charge in [-0.2, -0.15) is 0 Å². The number of piperazine rings is 1. The second-order valence-electron chi connectivity index (χ2n) is 6.89. The molecule has 0 radical (unpaired) electrons. The van der Waals surface area contributed by atoms with Gasteiger partial charge in [-0.25, -0.2) is 0 Å². The van der Waals surface area contributed by atoms with E-state index in [1.54, 1.807) is 0 Å². The Morgan fingerprint density at radius 2 is 1.38 bits per heavy atom. The first-order valence-corrected chi connectivity index (χ1v) is 9.24. The predicted octanol–water partition coefficient (Wildman–Crippen LogP) is 3.64. The summed E-state index contributed by atoms with van der Waals surface area (Å²) in [5.41, 5.74) is 0. The van der Waals surface area contributed by atoms with Crippen LogP contribution in [-0.2, 0) is 4.74 Å². The molecule has 1 rings (SSSR count). The van der Waals surface area contributed by atoms with E-state index in [4.69, 9.17) is 4.74 Å². The molecule has 21 heavy (non-hydrogen) atoms. The van der Waals surface area contributed by atoms with Crippen molar-refractivity contribution in [1.29, 1.82) is 0 Å². The molecule has 0 spiro atoms. The quantitative estimate of drug-likeness (QED) is 0.512. The van der Waals surface area contributed by atoms with Crippen molar-refractivity contribution < 1.29 is 4.74 Å². The molecule has 3 heteroatoms. The molecule has 0 aromatic heterocycles.